The molecular formula is C12H26N2O3S. The Labute approximate surface area is 111 Å². The van der Waals surface area contributed by atoms with Crippen LogP contribution in [0.3, 0.4) is 0 Å². The van der Waals surface area contributed by atoms with Crippen LogP contribution in [0.1, 0.15) is 26.7 Å². The molecule has 1 rings (SSSR count). The molecule has 2 atom stereocenters. The van der Waals surface area contributed by atoms with Gasteiger partial charge in [-0.3, -0.25) is 4.90 Å². The van der Waals surface area contributed by atoms with Gasteiger partial charge in [-0.1, -0.05) is 0 Å². The SMILES string of the molecule is CC1CC(CN)(N(C)CCS(C)(=O)=O)CC(C)O1. The highest BCUT2D eigenvalue weighted by atomic mass is 32.2. The summed E-state index contributed by atoms with van der Waals surface area (Å²) in [5.74, 6) is 0.175. The van der Waals surface area contributed by atoms with E-state index in [0.29, 0.717) is 13.1 Å². The van der Waals surface area contributed by atoms with Crippen LogP contribution in [-0.2, 0) is 14.6 Å². The van der Waals surface area contributed by atoms with E-state index in [1.807, 2.05) is 20.9 Å². The summed E-state index contributed by atoms with van der Waals surface area (Å²) in [5.41, 5.74) is 5.82. The highest BCUT2D eigenvalue weighted by Gasteiger charge is 2.40. The maximum absolute atomic E-state index is 11.3. The molecule has 1 heterocycles. The molecule has 0 amide bonds. The highest BCUT2D eigenvalue weighted by Crippen LogP contribution is 2.32. The summed E-state index contributed by atoms with van der Waals surface area (Å²) < 4.78 is 28.3. The average Bonchev–Trinajstić information content (AvgIpc) is 2.23. The number of hydrogen-bond acceptors (Lipinski definition) is 5. The van der Waals surface area contributed by atoms with Gasteiger partial charge in [-0.15, -0.1) is 0 Å². The van der Waals surface area contributed by atoms with Gasteiger partial charge in [0.15, 0.2) is 0 Å². The molecule has 1 aliphatic rings. The van der Waals surface area contributed by atoms with Crippen molar-refractivity contribution in [2.24, 2.45) is 5.73 Å². The Hall–Kier alpha value is -0.170. The largest absolute Gasteiger partial charge is 0.375 e. The second-order valence-corrected chi connectivity index (χ2v) is 7.91. The van der Waals surface area contributed by atoms with Gasteiger partial charge in [0.25, 0.3) is 0 Å². The van der Waals surface area contributed by atoms with Crippen LogP contribution in [0, 0.1) is 0 Å². The van der Waals surface area contributed by atoms with Gasteiger partial charge in [0.2, 0.25) is 0 Å². The first kappa shape index (κ1) is 15.9. The average molecular weight is 278 g/mol. The second-order valence-electron chi connectivity index (χ2n) is 5.65. The molecule has 1 aliphatic heterocycles. The summed E-state index contributed by atoms with van der Waals surface area (Å²) >= 11 is 0. The number of nitrogens with zero attached hydrogens (tertiary/aromatic N) is 1. The molecule has 0 aromatic rings. The summed E-state index contributed by atoms with van der Waals surface area (Å²) in [6, 6.07) is 0. The maximum Gasteiger partial charge on any atom is 0.148 e. The number of ether oxygens (including phenoxy) is 1. The van der Waals surface area contributed by atoms with Gasteiger partial charge in [0, 0.05) is 24.9 Å². The minimum Gasteiger partial charge on any atom is -0.375 e. The lowest BCUT2D eigenvalue weighted by atomic mass is 9.83. The minimum atomic E-state index is -2.93. The van der Waals surface area contributed by atoms with Crippen LogP contribution < -0.4 is 5.73 Å². The molecular weight excluding hydrogens is 252 g/mol. The van der Waals surface area contributed by atoms with Gasteiger partial charge in [0.05, 0.1) is 18.0 Å². The Morgan fingerprint density at radius 3 is 2.22 bits per heavy atom. The molecule has 0 aliphatic carbocycles. The number of hydrogen-bond donors (Lipinski definition) is 1. The monoisotopic (exact) mass is 278 g/mol. The third kappa shape index (κ3) is 4.19. The third-order valence-corrected chi connectivity index (χ3v) is 4.71. The molecule has 5 nitrogen and oxygen atoms in total. The molecule has 2 N–H and O–H groups in total. The van der Waals surface area contributed by atoms with Gasteiger partial charge in [-0.2, -0.15) is 0 Å². The normalized spacial score (nSPS) is 33.9. The highest BCUT2D eigenvalue weighted by molar-refractivity contribution is 7.90. The number of likely N-dealkylation sites (N-methyl/N-ethyl adjacent to an activating group) is 1. The van der Waals surface area contributed by atoms with Crippen LogP contribution in [0.2, 0.25) is 0 Å². The second kappa shape index (κ2) is 5.86. The third-order valence-electron chi connectivity index (χ3n) is 3.79. The fourth-order valence-electron chi connectivity index (χ4n) is 2.82. The first-order valence-electron chi connectivity index (χ1n) is 6.43. The number of nitrogens with two attached hydrogens (primary N) is 1. The van der Waals surface area contributed by atoms with Gasteiger partial charge < -0.3 is 10.5 Å². The summed E-state index contributed by atoms with van der Waals surface area (Å²) in [7, 11) is -0.973. The molecule has 0 radical (unpaired) electrons. The van der Waals surface area contributed by atoms with E-state index in [9.17, 15) is 8.42 Å². The van der Waals surface area contributed by atoms with E-state index in [-0.39, 0.29) is 23.5 Å². The molecule has 0 aromatic heterocycles. The zero-order valence-corrected chi connectivity index (χ0v) is 12.7. The van der Waals surface area contributed by atoms with Crippen molar-refractivity contribution in [1.82, 2.24) is 4.90 Å². The lowest BCUT2D eigenvalue weighted by Gasteiger charge is -2.48. The lowest BCUT2D eigenvalue weighted by Crippen LogP contribution is -2.59. The van der Waals surface area contributed by atoms with Crippen molar-refractivity contribution in [3.8, 4) is 0 Å². The summed E-state index contributed by atoms with van der Waals surface area (Å²) in [4.78, 5) is 2.10. The number of sulfone groups is 1. The van der Waals surface area contributed by atoms with Crippen molar-refractivity contribution in [3.05, 3.63) is 0 Å². The summed E-state index contributed by atoms with van der Waals surface area (Å²) in [5, 5.41) is 0. The molecule has 18 heavy (non-hydrogen) atoms. The van der Waals surface area contributed by atoms with Crippen molar-refractivity contribution in [2.45, 2.75) is 44.4 Å². The van der Waals surface area contributed by atoms with Crippen molar-refractivity contribution in [1.29, 1.82) is 0 Å². The van der Waals surface area contributed by atoms with E-state index in [0.717, 1.165) is 12.8 Å². The predicted octanol–water partition coefficient (Wildman–Crippen LogP) is 0.248. The molecule has 108 valence electrons. The molecule has 0 bridgehead atoms. The topological polar surface area (TPSA) is 72.6 Å². The predicted molar refractivity (Wildman–Crippen MR) is 73.4 cm³/mol. The molecule has 1 saturated heterocycles. The zero-order valence-electron chi connectivity index (χ0n) is 11.8. The van der Waals surface area contributed by atoms with Crippen LogP contribution in [0.4, 0.5) is 0 Å². The summed E-state index contributed by atoms with van der Waals surface area (Å²) in [6.07, 6.45) is 3.31. The van der Waals surface area contributed by atoms with Crippen LogP contribution >= 0.6 is 0 Å². The van der Waals surface area contributed by atoms with Gasteiger partial charge in [0.1, 0.15) is 9.84 Å². The Morgan fingerprint density at radius 1 is 1.33 bits per heavy atom. The van der Waals surface area contributed by atoms with E-state index in [1.54, 1.807) is 0 Å². The van der Waals surface area contributed by atoms with Gasteiger partial charge >= 0.3 is 0 Å². The number of rotatable bonds is 5. The Bertz CT molecular complexity index is 360. The molecule has 0 aromatic carbocycles. The Morgan fingerprint density at radius 2 is 1.83 bits per heavy atom. The Balaban J connectivity index is 2.74. The molecule has 0 saturated carbocycles. The van der Waals surface area contributed by atoms with Gasteiger partial charge in [-0.05, 0) is 33.7 Å². The van der Waals surface area contributed by atoms with E-state index >= 15 is 0 Å². The molecule has 2 unspecified atom stereocenters. The smallest absolute Gasteiger partial charge is 0.148 e. The van der Waals surface area contributed by atoms with E-state index < -0.39 is 9.84 Å². The quantitative estimate of drug-likeness (QED) is 0.780. The first-order chi connectivity index (χ1) is 8.18. The fourth-order valence-corrected chi connectivity index (χ4v) is 3.43. The Kier molecular flexibility index (Phi) is 5.17. The van der Waals surface area contributed by atoms with Crippen LogP contribution in [0.5, 0.6) is 0 Å². The molecule has 0 spiro atoms. The maximum atomic E-state index is 11.3. The lowest BCUT2D eigenvalue weighted by molar-refractivity contribution is -0.0963. The zero-order chi connectivity index (χ0) is 14.0. The van der Waals surface area contributed by atoms with Crippen LogP contribution in [0.15, 0.2) is 0 Å². The molecule has 6 heteroatoms. The molecule has 1 fully saturated rings. The van der Waals surface area contributed by atoms with Crippen molar-refractivity contribution in [3.63, 3.8) is 0 Å². The van der Waals surface area contributed by atoms with Crippen LogP contribution in [0.25, 0.3) is 0 Å². The van der Waals surface area contributed by atoms with Crippen molar-refractivity contribution < 1.29 is 13.2 Å². The van der Waals surface area contributed by atoms with E-state index in [4.69, 9.17) is 10.5 Å². The fraction of sp³-hybridized carbons (Fsp3) is 1.00. The minimum absolute atomic E-state index is 0.137. The van der Waals surface area contributed by atoms with E-state index in [1.165, 1.54) is 6.26 Å². The van der Waals surface area contributed by atoms with Crippen molar-refractivity contribution in [2.75, 3.05) is 32.1 Å². The van der Waals surface area contributed by atoms with E-state index in [2.05, 4.69) is 4.90 Å². The standard InChI is InChI=1S/C12H26N2O3S/c1-10-7-12(9-13,8-11(2)17-10)14(3)5-6-18(4,15)16/h10-11H,5-9,13H2,1-4H3. The van der Waals surface area contributed by atoms with Crippen LogP contribution in [-0.4, -0.2) is 63.2 Å². The van der Waals surface area contributed by atoms with Crippen molar-refractivity contribution >= 4 is 9.84 Å². The first-order valence-corrected chi connectivity index (χ1v) is 8.49. The van der Waals surface area contributed by atoms with Gasteiger partial charge in [-0.25, -0.2) is 8.42 Å². The summed E-state index contributed by atoms with van der Waals surface area (Å²) in [6.45, 7) is 5.15.